The molecule has 80 valence electrons. The van der Waals surface area contributed by atoms with Gasteiger partial charge in [0.25, 0.3) is 0 Å². The second kappa shape index (κ2) is 3.66. The minimum Gasteiger partial charge on any atom is -0.467 e. The Morgan fingerprint density at radius 1 is 1.47 bits per heavy atom. The van der Waals surface area contributed by atoms with E-state index in [0.717, 1.165) is 18.4 Å². The molecule has 1 aromatic carbocycles. The number of ether oxygens (including phenoxy) is 1. The van der Waals surface area contributed by atoms with Crippen molar-refractivity contribution in [2.75, 3.05) is 7.11 Å². The molecule has 0 amide bonds. The lowest BCUT2D eigenvalue weighted by atomic mass is 9.79. The Morgan fingerprint density at radius 2 is 2.20 bits per heavy atom. The van der Waals surface area contributed by atoms with Gasteiger partial charge in [0.15, 0.2) is 5.60 Å². The monoisotopic (exact) mass is 206 g/mol. The first-order chi connectivity index (χ1) is 7.18. The average Bonchev–Trinajstić information content (AvgIpc) is 2.28. The molecule has 3 heteroatoms. The van der Waals surface area contributed by atoms with Crippen LogP contribution in [0, 0.1) is 0 Å². The summed E-state index contributed by atoms with van der Waals surface area (Å²) in [6.07, 6.45) is 2.16. The number of aryl methyl sites for hydroxylation is 1. The molecule has 1 aliphatic rings. The summed E-state index contributed by atoms with van der Waals surface area (Å²) in [4.78, 5) is 11.6. The third kappa shape index (κ3) is 1.53. The molecule has 0 aromatic heterocycles. The number of esters is 1. The molecular weight excluding hydrogens is 192 g/mol. The van der Waals surface area contributed by atoms with Crippen molar-refractivity contribution >= 4 is 5.97 Å². The van der Waals surface area contributed by atoms with Gasteiger partial charge in [0.05, 0.1) is 7.11 Å². The summed E-state index contributed by atoms with van der Waals surface area (Å²) in [5.41, 5.74) is 0.295. The van der Waals surface area contributed by atoms with Gasteiger partial charge in [0, 0.05) is 0 Å². The van der Waals surface area contributed by atoms with Crippen molar-refractivity contribution < 1.29 is 14.6 Å². The maximum atomic E-state index is 11.6. The molecule has 1 unspecified atom stereocenters. The fourth-order valence-corrected chi connectivity index (χ4v) is 2.19. The van der Waals surface area contributed by atoms with Gasteiger partial charge in [-0.2, -0.15) is 0 Å². The molecule has 1 aliphatic carbocycles. The number of hydrogen-bond donors (Lipinski definition) is 1. The van der Waals surface area contributed by atoms with Crippen molar-refractivity contribution in [3.63, 3.8) is 0 Å². The minimum absolute atomic E-state index is 0.441. The number of carbonyl (C=O) groups excluding carboxylic acids is 1. The zero-order chi connectivity index (χ0) is 10.9. The first-order valence-electron chi connectivity index (χ1n) is 5.07. The van der Waals surface area contributed by atoms with Crippen LogP contribution in [0.4, 0.5) is 0 Å². The normalized spacial score (nSPS) is 24.4. The number of fused-ring (bicyclic) bond motifs is 1. The number of aliphatic hydroxyl groups is 1. The molecule has 1 aromatic rings. The summed E-state index contributed by atoms with van der Waals surface area (Å²) in [6, 6.07) is 7.49. The third-order valence-corrected chi connectivity index (χ3v) is 2.97. The highest BCUT2D eigenvalue weighted by atomic mass is 16.5. The quantitative estimate of drug-likeness (QED) is 0.706. The Balaban J connectivity index is 2.49. The van der Waals surface area contributed by atoms with E-state index in [4.69, 9.17) is 0 Å². The number of carbonyl (C=O) groups is 1. The summed E-state index contributed by atoms with van der Waals surface area (Å²) in [5.74, 6) is -0.561. The van der Waals surface area contributed by atoms with E-state index in [1.807, 2.05) is 18.2 Å². The van der Waals surface area contributed by atoms with Gasteiger partial charge in [0.2, 0.25) is 0 Å². The predicted octanol–water partition coefficient (Wildman–Crippen LogP) is 1.38. The molecule has 0 spiro atoms. The second-order valence-electron chi connectivity index (χ2n) is 3.86. The van der Waals surface area contributed by atoms with Gasteiger partial charge in [-0.25, -0.2) is 4.79 Å². The fraction of sp³-hybridized carbons (Fsp3) is 0.417. The van der Waals surface area contributed by atoms with E-state index in [2.05, 4.69) is 4.74 Å². The Bertz CT molecular complexity index is 386. The molecule has 15 heavy (non-hydrogen) atoms. The summed E-state index contributed by atoms with van der Waals surface area (Å²) < 4.78 is 4.66. The molecule has 0 fully saturated rings. The highest BCUT2D eigenvalue weighted by Gasteiger charge is 2.42. The van der Waals surface area contributed by atoms with E-state index in [-0.39, 0.29) is 0 Å². The first-order valence-corrected chi connectivity index (χ1v) is 5.07. The highest BCUT2D eigenvalue weighted by Crippen LogP contribution is 2.35. The Kier molecular flexibility index (Phi) is 2.49. The number of methoxy groups -OCH3 is 1. The lowest BCUT2D eigenvalue weighted by Crippen LogP contribution is -2.39. The van der Waals surface area contributed by atoms with Crippen molar-refractivity contribution in [1.82, 2.24) is 0 Å². The lowest BCUT2D eigenvalue weighted by molar-refractivity contribution is -0.165. The molecule has 0 bridgehead atoms. The molecular formula is C12H14O3. The van der Waals surface area contributed by atoms with Gasteiger partial charge in [-0.05, 0) is 30.4 Å². The van der Waals surface area contributed by atoms with Crippen LogP contribution in [0.2, 0.25) is 0 Å². The first kappa shape index (κ1) is 10.2. The Hall–Kier alpha value is -1.35. The van der Waals surface area contributed by atoms with Crippen LogP contribution in [0.5, 0.6) is 0 Å². The van der Waals surface area contributed by atoms with Crippen LogP contribution in [-0.2, 0) is 21.6 Å². The molecule has 0 saturated heterocycles. The summed E-state index contributed by atoms with van der Waals surface area (Å²) >= 11 is 0. The molecule has 1 N–H and O–H groups in total. The van der Waals surface area contributed by atoms with Gasteiger partial charge in [-0.3, -0.25) is 0 Å². The van der Waals surface area contributed by atoms with Gasteiger partial charge < -0.3 is 9.84 Å². The SMILES string of the molecule is COC(=O)C1(O)CCCc2ccccc21. The molecule has 0 radical (unpaired) electrons. The summed E-state index contributed by atoms with van der Waals surface area (Å²) in [6.45, 7) is 0. The number of hydrogen-bond acceptors (Lipinski definition) is 3. The summed E-state index contributed by atoms with van der Waals surface area (Å²) in [5, 5.41) is 10.3. The highest BCUT2D eigenvalue weighted by molar-refractivity contribution is 5.81. The lowest BCUT2D eigenvalue weighted by Gasteiger charge is -2.31. The fourth-order valence-electron chi connectivity index (χ4n) is 2.19. The Morgan fingerprint density at radius 3 is 2.93 bits per heavy atom. The van der Waals surface area contributed by atoms with Crippen LogP contribution in [0.3, 0.4) is 0 Å². The number of benzene rings is 1. The largest absolute Gasteiger partial charge is 0.467 e. The van der Waals surface area contributed by atoms with Crippen molar-refractivity contribution in [2.45, 2.75) is 24.9 Å². The van der Waals surface area contributed by atoms with E-state index in [9.17, 15) is 9.90 Å². The second-order valence-corrected chi connectivity index (χ2v) is 3.86. The maximum Gasteiger partial charge on any atom is 0.342 e. The predicted molar refractivity (Wildman–Crippen MR) is 55.3 cm³/mol. The van der Waals surface area contributed by atoms with Gasteiger partial charge in [0.1, 0.15) is 0 Å². The Labute approximate surface area is 88.7 Å². The van der Waals surface area contributed by atoms with E-state index in [1.54, 1.807) is 6.07 Å². The maximum absolute atomic E-state index is 11.6. The summed E-state index contributed by atoms with van der Waals surface area (Å²) in [7, 11) is 1.30. The molecule has 0 saturated carbocycles. The van der Waals surface area contributed by atoms with Crippen LogP contribution in [0.25, 0.3) is 0 Å². The van der Waals surface area contributed by atoms with Gasteiger partial charge in [-0.15, -0.1) is 0 Å². The standard InChI is InChI=1S/C12H14O3/c1-15-11(13)12(14)8-4-6-9-5-2-3-7-10(9)12/h2-3,5,7,14H,4,6,8H2,1H3. The molecule has 1 atom stereocenters. The van der Waals surface area contributed by atoms with Crippen LogP contribution < -0.4 is 0 Å². The van der Waals surface area contributed by atoms with Crippen molar-refractivity contribution in [3.8, 4) is 0 Å². The van der Waals surface area contributed by atoms with E-state index in [1.165, 1.54) is 7.11 Å². The van der Waals surface area contributed by atoms with Gasteiger partial charge in [-0.1, -0.05) is 24.3 Å². The molecule has 0 aliphatic heterocycles. The topological polar surface area (TPSA) is 46.5 Å². The van der Waals surface area contributed by atoms with Gasteiger partial charge >= 0.3 is 5.97 Å². The van der Waals surface area contributed by atoms with Crippen LogP contribution in [0.1, 0.15) is 24.0 Å². The van der Waals surface area contributed by atoms with Crippen LogP contribution in [-0.4, -0.2) is 18.2 Å². The number of rotatable bonds is 1. The van der Waals surface area contributed by atoms with E-state index >= 15 is 0 Å². The van der Waals surface area contributed by atoms with Crippen molar-refractivity contribution in [1.29, 1.82) is 0 Å². The average molecular weight is 206 g/mol. The zero-order valence-electron chi connectivity index (χ0n) is 8.69. The molecule has 2 rings (SSSR count). The zero-order valence-corrected chi connectivity index (χ0v) is 8.69. The molecule has 3 nitrogen and oxygen atoms in total. The van der Waals surface area contributed by atoms with Crippen LogP contribution in [0.15, 0.2) is 24.3 Å². The van der Waals surface area contributed by atoms with E-state index in [0.29, 0.717) is 12.0 Å². The van der Waals surface area contributed by atoms with E-state index < -0.39 is 11.6 Å². The third-order valence-electron chi connectivity index (χ3n) is 2.97. The van der Waals surface area contributed by atoms with Crippen molar-refractivity contribution in [3.05, 3.63) is 35.4 Å². The van der Waals surface area contributed by atoms with Crippen LogP contribution >= 0.6 is 0 Å². The smallest absolute Gasteiger partial charge is 0.342 e. The van der Waals surface area contributed by atoms with Crippen molar-refractivity contribution in [2.24, 2.45) is 0 Å². The molecule has 0 heterocycles. The minimum atomic E-state index is -1.44.